The van der Waals surface area contributed by atoms with E-state index in [0.29, 0.717) is 17.2 Å². The van der Waals surface area contributed by atoms with E-state index in [1.165, 1.54) is 0 Å². The normalized spacial score (nSPS) is 16.6. The number of para-hydroxylation sites is 1. The molecule has 132 valence electrons. The van der Waals surface area contributed by atoms with E-state index in [2.05, 4.69) is 0 Å². The second-order valence-corrected chi connectivity index (χ2v) is 5.96. The van der Waals surface area contributed by atoms with Crippen molar-refractivity contribution in [1.82, 2.24) is 4.90 Å². The lowest BCUT2D eigenvalue weighted by molar-refractivity contribution is -0.134. The van der Waals surface area contributed by atoms with Gasteiger partial charge in [0.15, 0.2) is 18.1 Å². The summed E-state index contributed by atoms with van der Waals surface area (Å²) < 4.78 is 16.3. The molecule has 1 unspecified atom stereocenters. The van der Waals surface area contributed by atoms with Crippen LogP contribution in [0.15, 0.2) is 48.5 Å². The minimum absolute atomic E-state index is 0.00105. The van der Waals surface area contributed by atoms with Crippen LogP contribution in [0.4, 0.5) is 0 Å². The van der Waals surface area contributed by atoms with Crippen LogP contribution in [-0.2, 0) is 4.79 Å². The van der Waals surface area contributed by atoms with Crippen LogP contribution in [0.1, 0.15) is 24.4 Å². The van der Waals surface area contributed by atoms with E-state index in [9.17, 15) is 4.79 Å². The Morgan fingerprint density at radius 1 is 1.08 bits per heavy atom. The molecule has 3 rings (SSSR count). The molecule has 0 saturated carbocycles. The monoisotopic (exact) mass is 341 g/mol. The number of ether oxygens (including phenoxy) is 3. The standard InChI is InChI=1S/C20H23NO4/c1-23-18-11-10-15(13-19(18)24-2)17-9-6-12-21(17)20(22)14-25-16-7-4-3-5-8-16/h3-5,7-8,10-11,13,17H,6,9,12,14H2,1-2H3. The van der Waals surface area contributed by atoms with Crippen molar-refractivity contribution in [2.24, 2.45) is 0 Å². The van der Waals surface area contributed by atoms with Gasteiger partial charge in [0.25, 0.3) is 5.91 Å². The molecule has 5 heteroatoms. The first-order valence-electron chi connectivity index (χ1n) is 8.42. The lowest BCUT2D eigenvalue weighted by Gasteiger charge is -2.25. The summed E-state index contributed by atoms with van der Waals surface area (Å²) in [6, 6.07) is 15.3. The Morgan fingerprint density at radius 3 is 2.56 bits per heavy atom. The third kappa shape index (κ3) is 3.87. The molecule has 25 heavy (non-hydrogen) atoms. The molecule has 0 radical (unpaired) electrons. The predicted octanol–water partition coefficient (Wildman–Crippen LogP) is 3.45. The zero-order valence-electron chi connectivity index (χ0n) is 14.6. The van der Waals surface area contributed by atoms with Gasteiger partial charge in [0.05, 0.1) is 20.3 Å². The molecule has 1 aliphatic rings. The van der Waals surface area contributed by atoms with E-state index in [0.717, 1.165) is 24.9 Å². The zero-order chi connectivity index (χ0) is 17.6. The van der Waals surface area contributed by atoms with E-state index in [-0.39, 0.29) is 18.6 Å². The van der Waals surface area contributed by atoms with Crippen molar-refractivity contribution in [2.75, 3.05) is 27.4 Å². The summed E-state index contributed by atoms with van der Waals surface area (Å²) in [6.45, 7) is 0.795. The lowest BCUT2D eigenvalue weighted by atomic mass is 10.0. The van der Waals surface area contributed by atoms with Crippen molar-refractivity contribution in [1.29, 1.82) is 0 Å². The van der Waals surface area contributed by atoms with Crippen molar-refractivity contribution < 1.29 is 19.0 Å². The molecular weight excluding hydrogens is 318 g/mol. The first-order valence-corrected chi connectivity index (χ1v) is 8.42. The summed E-state index contributed by atoms with van der Waals surface area (Å²) >= 11 is 0. The van der Waals surface area contributed by atoms with Gasteiger partial charge in [0, 0.05) is 6.54 Å². The molecule has 2 aromatic rings. The van der Waals surface area contributed by atoms with Crippen molar-refractivity contribution in [2.45, 2.75) is 18.9 Å². The molecular formula is C20H23NO4. The molecule has 0 aromatic heterocycles. The van der Waals surface area contributed by atoms with Crippen LogP contribution in [0, 0.1) is 0 Å². The molecule has 0 spiro atoms. The van der Waals surface area contributed by atoms with Gasteiger partial charge in [-0.3, -0.25) is 4.79 Å². The predicted molar refractivity (Wildman–Crippen MR) is 95.2 cm³/mol. The molecule has 2 aromatic carbocycles. The largest absolute Gasteiger partial charge is 0.493 e. The minimum atomic E-state index is 0.00105. The maximum absolute atomic E-state index is 12.6. The van der Waals surface area contributed by atoms with Crippen molar-refractivity contribution in [3.8, 4) is 17.2 Å². The molecule has 1 amide bonds. The molecule has 1 saturated heterocycles. The van der Waals surface area contributed by atoms with Gasteiger partial charge in [-0.05, 0) is 42.7 Å². The quantitative estimate of drug-likeness (QED) is 0.807. The fourth-order valence-corrected chi connectivity index (χ4v) is 3.22. The molecule has 0 bridgehead atoms. The fraction of sp³-hybridized carbons (Fsp3) is 0.350. The molecule has 1 atom stereocenters. The molecule has 1 fully saturated rings. The van der Waals surface area contributed by atoms with Gasteiger partial charge in [0.2, 0.25) is 0 Å². The van der Waals surface area contributed by atoms with E-state index < -0.39 is 0 Å². The van der Waals surface area contributed by atoms with Crippen LogP contribution in [0.2, 0.25) is 0 Å². The third-order valence-corrected chi connectivity index (χ3v) is 4.47. The highest BCUT2D eigenvalue weighted by molar-refractivity contribution is 5.78. The molecule has 1 aliphatic heterocycles. The van der Waals surface area contributed by atoms with Crippen molar-refractivity contribution >= 4 is 5.91 Å². The highest BCUT2D eigenvalue weighted by Gasteiger charge is 2.30. The smallest absolute Gasteiger partial charge is 0.261 e. The number of carbonyl (C=O) groups is 1. The van der Waals surface area contributed by atoms with E-state index in [1.807, 2.05) is 53.4 Å². The highest BCUT2D eigenvalue weighted by Crippen LogP contribution is 2.36. The average Bonchev–Trinajstić information content (AvgIpc) is 3.16. The number of amides is 1. The fourth-order valence-electron chi connectivity index (χ4n) is 3.22. The first kappa shape index (κ1) is 17.1. The van der Waals surface area contributed by atoms with Gasteiger partial charge >= 0.3 is 0 Å². The lowest BCUT2D eigenvalue weighted by Crippen LogP contribution is -2.34. The van der Waals surface area contributed by atoms with Crippen LogP contribution in [0.25, 0.3) is 0 Å². The van der Waals surface area contributed by atoms with E-state index in [4.69, 9.17) is 14.2 Å². The van der Waals surface area contributed by atoms with E-state index in [1.54, 1.807) is 14.2 Å². The Bertz CT molecular complexity index is 717. The Balaban J connectivity index is 1.70. The maximum Gasteiger partial charge on any atom is 0.261 e. The summed E-state index contributed by atoms with van der Waals surface area (Å²) in [5.41, 5.74) is 1.06. The van der Waals surface area contributed by atoms with E-state index >= 15 is 0 Å². The number of likely N-dealkylation sites (tertiary alicyclic amines) is 1. The summed E-state index contributed by atoms with van der Waals surface area (Å²) in [7, 11) is 3.23. The van der Waals surface area contributed by atoms with Crippen LogP contribution < -0.4 is 14.2 Å². The molecule has 1 heterocycles. The summed E-state index contributed by atoms with van der Waals surface area (Å²) in [5, 5.41) is 0. The second kappa shape index (κ2) is 7.92. The summed E-state index contributed by atoms with van der Waals surface area (Å²) in [4.78, 5) is 14.5. The SMILES string of the molecule is COc1ccc(C2CCCN2C(=O)COc2ccccc2)cc1OC. The number of carbonyl (C=O) groups excluding carboxylic acids is 1. The van der Waals surface area contributed by atoms with Crippen LogP contribution >= 0.6 is 0 Å². The number of nitrogens with zero attached hydrogens (tertiary/aromatic N) is 1. The third-order valence-electron chi connectivity index (χ3n) is 4.47. The highest BCUT2D eigenvalue weighted by atomic mass is 16.5. The number of benzene rings is 2. The van der Waals surface area contributed by atoms with Crippen LogP contribution in [0.3, 0.4) is 0 Å². The number of hydrogen-bond donors (Lipinski definition) is 0. The van der Waals surface area contributed by atoms with Gasteiger partial charge in [-0.1, -0.05) is 24.3 Å². The number of methoxy groups -OCH3 is 2. The van der Waals surface area contributed by atoms with Crippen molar-refractivity contribution in [3.63, 3.8) is 0 Å². The first-order chi connectivity index (χ1) is 12.2. The molecule has 0 N–H and O–H groups in total. The van der Waals surface area contributed by atoms with Gasteiger partial charge < -0.3 is 19.1 Å². The number of hydrogen-bond acceptors (Lipinski definition) is 4. The van der Waals surface area contributed by atoms with Crippen LogP contribution in [0.5, 0.6) is 17.2 Å². The molecule has 5 nitrogen and oxygen atoms in total. The summed E-state index contributed by atoms with van der Waals surface area (Å²) in [5.74, 6) is 2.08. The Kier molecular flexibility index (Phi) is 5.43. The zero-order valence-corrected chi connectivity index (χ0v) is 14.6. The Labute approximate surface area is 148 Å². The Hall–Kier alpha value is -2.69. The van der Waals surface area contributed by atoms with Crippen molar-refractivity contribution in [3.05, 3.63) is 54.1 Å². The number of rotatable bonds is 6. The van der Waals surface area contributed by atoms with Crippen LogP contribution in [-0.4, -0.2) is 38.2 Å². The molecule has 0 aliphatic carbocycles. The second-order valence-electron chi connectivity index (χ2n) is 5.96. The van der Waals surface area contributed by atoms with Gasteiger partial charge in [-0.2, -0.15) is 0 Å². The topological polar surface area (TPSA) is 48.0 Å². The van der Waals surface area contributed by atoms with Gasteiger partial charge in [-0.25, -0.2) is 0 Å². The summed E-state index contributed by atoms with van der Waals surface area (Å²) in [6.07, 6.45) is 1.92. The van der Waals surface area contributed by atoms with Gasteiger partial charge in [-0.15, -0.1) is 0 Å². The minimum Gasteiger partial charge on any atom is -0.493 e. The average molecular weight is 341 g/mol. The van der Waals surface area contributed by atoms with Gasteiger partial charge in [0.1, 0.15) is 5.75 Å². The maximum atomic E-state index is 12.6. The Morgan fingerprint density at radius 2 is 1.84 bits per heavy atom.